The number of nitro benzene ring substituents is 1. The van der Waals surface area contributed by atoms with Gasteiger partial charge >= 0.3 is 0 Å². The second kappa shape index (κ2) is 8.26. The van der Waals surface area contributed by atoms with E-state index in [4.69, 9.17) is 14.7 Å². The quantitative estimate of drug-likeness (QED) is 0.584. The maximum absolute atomic E-state index is 12.6. The summed E-state index contributed by atoms with van der Waals surface area (Å²) in [5.41, 5.74) is 0.525. The molecule has 0 atom stereocenters. The summed E-state index contributed by atoms with van der Waals surface area (Å²) < 4.78 is 10.7. The molecule has 0 aliphatic carbocycles. The van der Waals surface area contributed by atoms with Gasteiger partial charge in [0.15, 0.2) is 6.61 Å². The highest BCUT2D eigenvalue weighted by Gasteiger charge is 2.29. The SMILES string of the molecule is CCOc1ccc(C#N)cc1NC(=O)CN1C(=O)COc2ccc([N+](=O)[O-])cc21. The molecule has 1 aliphatic rings. The van der Waals surface area contributed by atoms with Gasteiger partial charge < -0.3 is 14.8 Å². The Hall–Kier alpha value is -4.13. The summed E-state index contributed by atoms with van der Waals surface area (Å²) in [5, 5.41) is 22.7. The normalized spacial score (nSPS) is 12.4. The molecule has 0 saturated heterocycles. The fraction of sp³-hybridized carbons (Fsp3) is 0.211. The van der Waals surface area contributed by atoms with Gasteiger partial charge in [-0.05, 0) is 31.2 Å². The van der Waals surface area contributed by atoms with Crippen molar-refractivity contribution in [2.24, 2.45) is 0 Å². The van der Waals surface area contributed by atoms with Crippen LogP contribution in [0.25, 0.3) is 0 Å². The van der Waals surface area contributed by atoms with Crippen LogP contribution in [0.1, 0.15) is 12.5 Å². The summed E-state index contributed by atoms with van der Waals surface area (Å²) >= 11 is 0. The monoisotopic (exact) mass is 396 g/mol. The van der Waals surface area contributed by atoms with Gasteiger partial charge in [0, 0.05) is 12.1 Å². The molecule has 148 valence electrons. The Morgan fingerprint density at radius 3 is 2.86 bits per heavy atom. The first-order valence-electron chi connectivity index (χ1n) is 8.61. The van der Waals surface area contributed by atoms with Crippen molar-refractivity contribution in [3.63, 3.8) is 0 Å². The number of nitrogens with zero attached hydrogens (tertiary/aromatic N) is 3. The minimum atomic E-state index is -0.598. The zero-order valence-electron chi connectivity index (χ0n) is 15.4. The number of carbonyl (C=O) groups excluding carboxylic acids is 2. The molecule has 10 heteroatoms. The Morgan fingerprint density at radius 2 is 2.17 bits per heavy atom. The van der Waals surface area contributed by atoms with Gasteiger partial charge in [0.05, 0.1) is 34.5 Å². The molecule has 0 bridgehead atoms. The van der Waals surface area contributed by atoms with Crippen LogP contribution in [0.4, 0.5) is 17.1 Å². The number of nitro groups is 1. The molecule has 0 fully saturated rings. The Bertz CT molecular complexity index is 1030. The number of amides is 2. The van der Waals surface area contributed by atoms with Crippen molar-refractivity contribution in [1.29, 1.82) is 5.26 Å². The lowest BCUT2D eigenvalue weighted by Crippen LogP contribution is -2.43. The number of non-ortho nitro benzene ring substituents is 1. The van der Waals surface area contributed by atoms with E-state index < -0.39 is 23.3 Å². The predicted octanol–water partition coefficient (Wildman–Crippen LogP) is 2.23. The molecule has 29 heavy (non-hydrogen) atoms. The van der Waals surface area contributed by atoms with Crippen LogP contribution in [0.2, 0.25) is 0 Å². The van der Waals surface area contributed by atoms with Crippen LogP contribution in [0.3, 0.4) is 0 Å². The molecule has 0 radical (unpaired) electrons. The number of hydrogen-bond acceptors (Lipinski definition) is 7. The van der Waals surface area contributed by atoms with E-state index in [0.717, 1.165) is 4.90 Å². The number of nitrogens with one attached hydrogen (secondary N) is 1. The van der Waals surface area contributed by atoms with Crippen LogP contribution in [0, 0.1) is 21.4 Å². The molecular formula is C19H16N4O6. The molecular weight excluding hydrogens is 380 g/mol. The second-order valence-corrected chi connectivity index (χ2v) is 5.98. The molecule has 0 spiro atoms. The summed E-state index contributed by atoms with van der Waals surface area (Å²) in [6.07, 6.45) is 0. The van der Waals surface area contributed by atoms with E-state index in [1.54, 1.807) is 19.1 Å². The van der Waals surface area contributed by atoms with Gasteiger partial charge in [-0.3, -0.25) is 24.6 Å². The molecule has 0 saturated carbocycles. The van der Waals surface area contributed by atoms with Crippen molar-refractivity contribution in [3.05, 3.63) is 52.1 Å². The van der Waals surface area contributed by atoms with Gasteiger partial charge in [-0.1, -0.05) is 0 Å². The summed E-state index contributed by atoms with van der Waals surface area (Å²) in [6, 6.07) is 10.4. The summed E-state index contributed by atoms with van der Waals surface area (Å²) in [6.45, 7) is 1.46. The van der Waals surface area contributed by atoms with Gasteiger partial charge in [-0.25, -0.2) is 0 Å². The zero-order valence-corrected chi connectivity index (χ0v) is 15.4. The van der Waals surface area contributed by atoms with Crippen LogP contribution in [0.15, 0.2) is 36.4 Å². The summed E-state index contributed by atoms with van der Waals surface area (Å²) in [7, 11) is 0. The van der Waals surface area contributed by atoms with Crippen molar-refractivity contribution in [3.8, 4) is 17.6 Å². The third-order valence-corrected chi connectivity index (χ3v) is 4.08. The van der Waals surface area contributed by atoms with Crippen LogP contribution in [0.5, 0.6) is 11.5 Å². The lowest BCUT2D eigenvalue weighted by atomic mass is 10.2. The average Bonchev–Trinajstić information content (AvgIpc) is 2.71. The zero-order chi connectivity index (χ0) is 21.0. The van der Waals surface area contributed by atoms with Gasteiger partial charge in [-0.15, -0.1) is 0 Å². The summed E-state index contributed by atoms with van der Waals surface area (Å²) in [4.78, 5) is 36.4. The molecule has 1 N–H and O–H groups in total. The van der Waals surface area contributed by atoms with E-state index in [2.05, 4.69) is 5.32 Å². The highest BCUT2D eigenvalue weighted by atomic mass is 16.6. The number of carbonyl (C=O) groups is 2. The Labute approximate surface area is 165 Å². The van der Waals surface area contributed by atoms with E-state index in [1.165, 1.54) is 24.3 Å². The third-order valence-electron chi connectivity index (χ3n) is 4.08. The van der Waals surface area contributed by atoms with Crippen LogP contribution in [-0.2, 0) is 9.59 Å². The average molecular weight is 396 g/mol. The van der Waals surface area contributed by atoms with E-state index in [9.17, 15) is 19.7 Å². The number of anilines is 2. The fourth-order valence-corrected chi connectivity index (χ4v) is 2.79. The fourth-order valence-electron chi connectivity index (χ4n) is 2.79. The minimum absolute atomic E-state index is 0.140. The Kier molecular flexibility index (Phi) is 5.59. The standard InChI is InChI=1S/C19H16N4O6/c1-2-28-16-5-3-12(9-20)7-14(16)21-18(24)10-22-15-8-13(23(26)27)4-6-17(15)29-11-19(22)25/h3-8H,2,10-11H2,1H3,(H,21,24). The Morgan fingerprint density at radius 1 is 1.38 bits per heavy atom. The number of rotatable bonds is 6. The van der Waals surface area contributed by atoms with Crippen molar-refractivity contribution in [2.75, 3.05) is 30.0 Å². The molecule has 2 aromatic carbocycles. The highest BCUT2D eigenvalue weighted by molar-refractivity contribution is 6.05. The summed E-state index contributed by atoms with van der Waals surface area (Å²) in [5.74, 6) is -0.425. The van der Waals surface area contributed by atoms with Crippen molar-refractivity contribution < 1.29 is 24.0 Å². The number of benzene rings is 2. The topological polar surface area (TPSA) is 135 Å². The van der Waals surface area contributed by atoms with Crippen molar-refractivity contribution >= 4 is 28.9 Å². The smallest absolute Gasteiger partial charge is 0.271 e. The lowest BCUT2D eigenvalue weighted by Gasteiger charge is -2.28. The first-order valence-corrected chi connectivity index (χ1v) is 8.61. The molecule has 1 aliphatic heterocycles. The molecule has 0 unspecified atom stereocenters. The van der Waals surface area contributed by atoms with Gasteiger partial charge in [-0.2, -0.15) is 5.26 Å². The molecule has 0 aromatic heterocycles. The predicted molar refractivity (Wildman–Crippen MR) is 102 cm³/mol. The molecule has 2 amide bonds. The largest absolute Gasteiger partial charge is 0.492 e. The molecule has 3 rings (SSSR count). The minimum Gasteiger partial charge on any atom is -0.492 e. The van der Waals surface area contributed by atoms with E-state index in [0.29, 0.717) is 17.9 Å². The van der Waals surface area contributed by atoms with E-state index in [1.807, 2.05) is 6.07 Å². The molecule has 2 aromatic rings. The highest BCUT2D eigenvalue weighted by Crippen LogP contribution is 2.35. The number of ether oxygens (including phenoxy) is 2. The maximum atomic E-state index is 12.6. The first kappa shape index (κ1) is 19.6. The second-order valence-electron chi connectivity index (χ2n) is 5.98. The van der Waals surface area contributed by atoms with Crippen molar-refractivity contribution in [1.82, 2.24) is 0 Å². The van der Waals surface area contributed by atoms with Crippen LogP contribution in [-0.4, -0.2) is 36.5 Å². The van der Waals surface area contributed by atoms with Crippen LogP contribution < -0.4 is 19.7 Å². The van der Waals surface area contributed by atoms with Crippen molar-refractivity contribution in [2.45, 2.75) is 6.92 Å². The van der Waals surface area contributed by atoms with Gasteiger partial charge in [0.1, 0.15) is 18.0 Å². The molecule has 10 nitrogen and oxygen atoms in total. The number of hydrogen-bond donors (Lipinski definition) is 1. The van der Waals surface area contributed by atoms with E-state index >= 15 is 0 Å². The Balaban J connectivity index is 1.85. The van der Waals surface area contributed by atoms with Gasteiger partial charge in [0.2, 0.25) is 5.91 Å². The first-order chi connectivity index (χ1) is 13.9. The van der Waals surface area contributed by atoms with Crippen LogP contribution >= 0.6 is 0 Å². The lowest BCUT2D eigenvalue weighted by molar-refractivity contribution is -0.384. The van der Waals surface area contributed by atoms with Gasteiger partial charge in [0.25, 0.3) is 11.6 Å². The molecule has 1 heterocycles. The van der Waals surface area contributed by atoms with E-state index in [-0.39, 0.29) is 29.4 Å². The number of nitriles is 1. The maximum Gasteiger partial charge on any atom is 0.271 e. The third kappa shape index (κ3) is 4.24. The number of fused-ring (bicyclic) bond motifs is 1.